The molecule has 0 saturated carbocycles. The van der Waals surface area contributed by atoms with Crippen molar-refractivity contribution in [3.8, 4) is 0 Å². The smallest absolute Gasteiger partial charge is 0.306 e. The van der Waals surface area contributed by atoms with E-state index in [1.165, 1.54) is 225 Å². The molecular weight excluding hydrogens is 961 g/mol. The summed E-state index contributed by atoms with van der Waals surface area (Å²) in [5.41, 5.74) is 0. The van der Waals surface area contributed by atoms with Gasteiger partial charge in [-0.05, 0) is 77.0 Å². The van der Waals surface area contributed by atoms with Crippen LogP contribution in [0.25, 0.3) is 0 Å². The fourth-order valence-corrected chi connectivity index (χ4v) is 10.1. The summed E-state index contributed by atoms with van der Waals surface area (Å²) in [6.07, 6.45) is 85.6. The molecule has 0 radical (unpaired) electrons. The van der Waals surface area contributed by atoms with Crippen molar-refractivity contribution in [1.82, 2.24) is 0 Å². The molecule has 6 heteroatoms. The molecule has 0 amide bonds. The highest BCUT2D eigenvalue weighted by Gasteiger charge is 2.19. The van der Waals surface area contributed by atoms with E-state index in [0.717, 1.165) is 96.3 Å². The Morgan fingerprint density at radius 1 is 0.269 bits per heavy atom. The lowest BCUT2D eigenvalue weighted by Crippen LogP contribution is -2.30. The molecule has 0 aliphatic carbocycles. The number of carbonyl (C=O) groups is 3. The fourth-order valence-electron chi connectivity index (χ4n) is 10.1. The Labute approximate surface area is 485 Å². The third kappa shape index (κ3) is 63.9. The summed E-state index contributed by atoms with van der Waals surface area (Å²) in [7, 11) is 0. The first-order valence-electron chi connectivity index (χ1n) is 34.3. The Balaban J connectivity index is 4.00. The molecule has 0 rings (SSSR count). The summed E-state index contributed by atoms with van der Waals surface area (Å²) < 4.78 is 16.9. The van der Waals surface area contributed by atoms with Gasteiger partial charge in [0.2, 0.25) is 0 Å². The second kappa shape index (κ2) is 66.6. The van der Waals surface area contributed by atoms with Crippen LogP contribution in [0.3, 0.4) is 0 Å². The fraction of sp³-hybridized carbons (Fsp3) is 0.819. The van der Waals surface area contributed by atoms with Crippen molar-refractivity contribution in [1.29, 1.82) is 0 Å². The van der Waals surface area contributed by atoms with E-state index >= 15 is 0 Å². The number of allylic oxidation sites excluding steroid dienone is 10. The highest BCUT2D eigenvalue weighted by Crippen LogP contribution is 2.18. The zero-order chi connectivity index (χ0) is 56.4. The minimum absolute atomic E-state index is 0.0702. The molecule has 1 unspecified atom stereocenters. The molecule has 0 bridgehead atoms. The molecule has 1 atom stereocenters. The third-order valence-electron chi connectivity index (χ3n) is 15.2. The second-order valence-electron chi connectivity index (χ2n) is 23.1. The Hall–Kier alpha value is -2.89. The Bertz CT molecular complexity index is 1390. The molecule has 0 aromatic rings. The van der Waals surface area contributed by atoms with E-state index < -0.39 is 6.10 Å². The van der Waals surface area contributed by atoms with E-state index in [1.54, 1.807) is 0 Å². The molecule has 0 N–H and O–H groups in total. The van der Waals surface area contributed by atoms with E-state index in [9.17, 15) is 14.4 Å². The van der Waals surface area contributed by atoms with Crippen LogP contribution < -0.4 is 0 Å². The standard InChI is InChI=1S/C72H130O6/c1-4-7-10-13-16-19-22-24-26-27-28-29-30-31-32-33-34-35-36-37-38-39-40-41-42-43-44-45-47-48-50-53-56-59-62-65-71(74)77-68-69(67-76-70(73)64-61-58-55-52-21-18-15-12-9-6-3)78-72(75)66-63-60-57-54-51-49-46-25-23-20-17-14-11-8-5-2/h7,10,12,15-16,19,24,26,28-29,69H,4-6,8-9,11,13-14,17-18,20-23,25,27,30-68H2,1-3H3/b10-7-,15-12-,19-16-,26-24-,29-28-. The van der Waals surface area contributed by atoms with Crippen molar-refractivity contribution in [2.24, 2.45) is 0 Å². The van der Waals surface area contributed by atoms with Gasteiger partial charge in [-0.2, -0.15) is 0 Å². The number of ether oxygens (including phenoxy) is 3. The Kier molecular flexibility index (Phi) is 64.2. The van der Waals surface area contributed by atoms with Crippen molar-refractivity contribution in [2.45, 2.75) is 367 Å². The molecule has 0 aromatic heterocycles. The maximum Gasteiger partial charge on any atom is 0.306 e. The van der Waals surface area contributed by atoms with E-state index in [0.29, 0.717) is 19.3 Å². The normalized spacial score (nSPS) is 12.4. The molecule has 6 nitrogen and oxygen atoms in total. The van der Waals surface area contributed by atoms with Crippen LogP contribution in [0, 0.1) is 0 Å². The molecule has 0 aliphatic rings. The molecule has 0 aromatic carbocycles. The van der Waals surface area contributed by atoms with E-state index in [2.05, 4.69) is 81.5 Å². The minimum Gasteiger partial charge on any atom is -0.462 e. The summed E-state index contributed by atoms with van der Waals surface area (Å²) in [6, 6.07) is 0. The van der Waals surface area contributed by atoms with Crippen molar-refractivity contribution in [2.75, 3.05) is 13.2 Å². The monoisotopic (exact) mass is 1090 g/mol. The Morgan fingerprint density at radius 2 is 0.526 bits per heavy atom. The summed E-state index contributed by atoms with van der Waals surface area (Å²) in [5.74, 6) is -0.859. The first-order valence-corrected chi connectivity index (χ1v) is 34.3. The molecule has 454 valence electrons. The van der Waals surface area contributed by atoms with Gasteiger partial charge in [0.25, 0.3) is 0 Å². The SMILES string of the molecule is CC/C=C\C/C=C\C/C=C\C/C=C\CCCCCCCCCCCCCCCCCCCCCCCCC(=O)OCC(COC(=O)CCCCCCC/C=C\CCC)OC(=O)CCCCCCCCCCCCCCCCC. The van der Waals surface area contributed by atoms with Crippen LogP contribution in [0.15, 0.2) is 60.8 Å². The van der Waals surface area contributed by atoms with Gasteiger partial charge in [0, 0.05) is 19.3 Å². The highest BCUT2D eigenvalue weighted by molar-refractivity contribution is 5.71. The molecule has 0 spiro atoms. The van der Waals surface area contributed by atoms with Crippen LogP contribution in [-0.4, -0.2) is 37.2 Å². The first-order chi connectivity index (χ1) is 38.5. The number of hydrogen-bond donors (Lipinski definition) is 0. The minimum atomic E-state index is -0.772. The highest BCUT2D eigenvalue weighted by atomic mass is 16.6. The van der Waals surface area contributed by atoms with Gasteiger partial charge in [-0.3, -0.25) is 14.4 Å². The zero-order valence-corrected chi connectivity index (χ0v) is 52.2. The van der Waals surface area contributed by atoms with Gasteiger partial charge >= 0.3 is 17.9 Å². The largest absolute Gasteiger partial charge is 0.462 e. The second-order valence-corrected chi connectivity index (χ2v) is 23.1. The maximum atomic E-state index is 12.9. The maximum absolute atomic E-state index is 12.9. The number of carbonyl (C=O) groups excluding carboxylic acids is 3. The van der Waals surface area contributed by atoms with Crippen LogP contribution >= 0.6 is 0 Å². The molecule has 0 heterocycles. The number of esters is 3. The van der Waals surface area contributed by atoms with Crippen molar-refractivity contribution >= 4 is 17.9 Å². The third-order valence-corrected chi connectivity index (χ3v) is 15.2. The van der Waals surface area contributed by atoms with Crippen LogP contribution in [0.2, 0.25) is 0 Å². The van der Waals surface area contributed by atoms with Crippen LogP contribution in [0.5, 0.6) is 0 Å². The van der Waals surface area contributed by atoms with Gasteiger partial charge in [0.1, 0.15) is 13.2 Å². The predicted molar refractivity (Wildman–Crippen MR) is 339 cm³/mol. The lowest BCUT2D eigenvalue weighted by Gasteiger charge is -2.18. The topological polar surface area (TPSA) is 78.9 Å². The summed E-state index contributed by atoms with van der Waals surface area (Å²) in [6.45, 7) is 6.51. The van der Waals surface area contributed by atoms with Gasteiger partial charge in [-0.15, -0.1) is 0 Å². The number of unbranched alkanes of at least 4 members (excludes halogenated alkanes) is 42. The van der Waals surface area contributed by atoms with E-state index in [-0.39, 0.29) is 31.1 Å². The quantitative estimate of drug-likeness (QED) is 0.0261. The van der Waals surface area contributed by atoms with Crippen LogP contribution in [0.1, 0.15) is 361 Å². The van der Waals surface area contributed by atoms with Crippen LogP contribution in [-0.2, 0) is 28.6 Å². The van der Waals surface area contributed by atoms with E-state index in [4.69, 9.17) is 14.2 Å². The zero-order valence-electron chi connectivity index (χ0n) is 52.2. The lowest BCUT2D eigenvalue weighted by atomic mass is 10.0. The number of hydrogen-bond acceptors (Lipinski definition) is 6. The van der Waals surface area contributed by atoms with Gasteiger partial charge in [-0.25, -0.2) is 0 Å². The van der Waals surface area contributed by atoms with Crippen LogP contribution in [0.4, 0.5) is 0 Å². The van der Waals surface area contributed by atoms with Gasteiger partial charge < -0.3 is 14.2 Å². The van der Waals surface area contributed by atoms with Gasteiger partial charge in [0.05, 0.1) is 0 Å². The number of rotatable bonds is 63. The molecule has 0 aliphatic heterocycles. The van der Waals surface area contributed by atoms with Crippen molar-refractivity contribution in [3.05, 3.63) is 60.8 Å². The summed E-state index contributed by atoms with van der Waals surface area (Å²) in [4.78, 5) is 38.2. The van der Waals surface area contributed by atoms with Crippen molar-refractivity contribution < 1.29 is 28.6 Å². The van der Waals surface area contributed by atoms with E-state index in [1.807, 2.05) is 0 Å². The molecule has 0 fully saturated rings. The predicted octanol–water partition coefficient (Wildman–Crippen LogP) is 23.5. The molecule has 78 heavy (non-hydrogen) atoms. The first kappa shape index (κ1) is 75.1. The average molecular weight is 1090 g/mol. The summed E-state index contributed by atoms with van der Waals surface area (Å²) >= 11 is 0. The molecule has 0 saturated heterocycles. The molecular formula is C72H130O6. The van der Waals surface area contributed by atoms with Gasteiger partial charge in [-0.1, -0.05) is 326 Å². The van der Waals surface area contributed by atoms with Gasteiger partial charge in [0.15, 0.2) is 6.10 Å². The summed E-state index contributed by atoms with van der Waals surface area (Å²) in [5, 5.41) is 0. The Morgan fingerprint density at radius 3 is 0.846 bits per heavy atom. The lowest BCUT2D eigenvalue weighted by molar-refractivity contribution is -0.167. The average Bonchev–Trinajstić information content (AvgIpc) is 3.44. The van der Waals surface area contributed by atoms with Crippen molar-refractivity contribution in [3.63, 3.8) is 0 Å².